The second-order valence-corrected chi connectivity index (χ2v) is 5.68. The Morgan fingerprint density at radius 3 is 2.75 bits per heavy atom. The van der Waals surface area contributed by atoms with E-state index in [9.17, 15) is 9.18 Å². The van der Waals surface area contributed by atoms with E-state index in [1.807, 2.05) is 13.0 Å². The Morgan fingerprint density at radius 2 is 2.00 bits per heavy atom. The van der Waals surface area contributed by atoms with E-state index in [0.29, 0.717) is 22.3 Å². The standard InChI is InChI=1S/C18H14ClFN2O2/c1-10-3-6-16(24-2)15(7-10)22-18(23)13-8-11-4-5-12(20)9-14(11)21-17(13)19/h3-9H,1-2H3,(H,22,23). The van der Waals surface area contributed by atoms with Crippen LogP contribution in [0.25, 0.3) is 10.9 Å². The Balaban J connectivity index is 1.98. The van der Waals surface area contributed by atoms with Crippen molar-refractivity contribution in [1.82, 2.24) is 4.98 Å². The van der Waals surface area contributed by atoms with E-state index in [2.05, 4.69) is 10.3 Å². The van der Waals surface area contributed by atoms with Gasteiger partial charge in [-0.2, -0.15) is 0 Å². The van der Waals surface area contributed by atoms with Crippen LogP contribution in [-0.4, -0.2) is 18.0 Å². The first-order valence-electron chi connectivity index (χ1n) is 7.20. The van der Waals surface area contributed by atoms with Crippen LogP contribution in [0, 0.1) is 12.7 Å². The van der Waals surface area contributed by atoms with E-state index >= 15 is 0 Å². The van der Waals surface area contributed by atoms with Crippen LogP contribution >= 0.6 is 11.6 Å². The number of benzene rings is 2. The number of anilines is 1. The molecule has 122 valence electrons. The summed E-state index contributed by atoms with van der Waals surface area (Å²) in [6, 6.07) is 11.2. The molecule has 0 fully saturated rings. The van der Waals surface area contributed by atoms with Crippen LogP contribution in [0.5, 0.6) is 5.75 Å². The van der Waals surface area contributed by atoms with Crippen molar-refractivity contribution < 1.29 is 13.9 Å². The van der Waals surface area contributed by atoms with Gasteiger partial charge in [0.15, 0.2) is 0 Å². The Hall–Kier alpha value is -2.66. The quantitative estimate of drug-likeness (QED) is 0.707. The van der Waals surface area contributed by atoms with Gasteiger partial charge in [-0.1, -0.05) is 17.7 Å². The maximum absolute atomic E-state index is 13.3. The van der Waals surface area contributed by atoms with Gasteiger partial charge in [-0.25, -0.2) is 9.37 Å². The van der Waals surface area contributed by atoms with Gasteiger partial charge in [0.25, 0.3) is 5.91 Å². The van der Waals surface area contributed by atoms with E-state index in [-0.39, 0.29) is 10.7 Å². The van der Waals surface area contributed by atoms with Crippen molar-refractivity contribution in [2.24, 2.45) is 0 Å². The van der Waals surface area contributed by atoms with Crippen molar-refractivity contribution in [3.63, 3.8) is 0 Å². The minimum atomic E-state index is -0.414. The molecule has 1 heterocycles. The fourth-order valence-corrected chi connectivity index (χ4v) is 2.62. The molecule has 0 atom stereocenters. The van der Waals surface area contributed by atoms with Gasteiger partial charge in [0.1, 0.15) is 16.7 Å². The highest BCUT2D eigenvalue weighted by molar-refractivity contribution is 6.33. The number of halogens is 2. The number of methoxy groups -OCH3 is 1. The predicted molar refractivity (Wildman–Crippen MR) is 92.4 cm³/mol. The molecular weight excluding hydrogens is 331 g/mol. The first kappa shape index (κ1) is 16.2. The van der Waals surface area contributed by atoms with Gasteiger partial charge in [-0.3, -0.25) is 4.79 Å². The van der Waals surface area contributed by atoms with Gasteiger partial charge in [0.05, 0.1) is 23.9 Å². The number of amides is 1. The number of carbonyl (C=O) groups excluding carboxylic acids is 1. The first-order chi connectivity index (χ1) is 11.5. The average Bonchev–Trinajstić information content (AvgIpc) is 2.54. The molecule has 3 aromatic rings. The maximum atomic E-state index is 13.3. The van der Waals surface area contributed by atoms with Gasteiger partial charge in [-0.15, -0.1) is 0 Å². The van der Waals surface area contributed by atoms with Crippen molar-refractivity contribution >= 4 is 34.1 Å². The number of aromatic nitrogens is 1. The molecule has 24 heavy (non-hydrogen) atoms. The molecule has 0 unspecified atom stereocenters. The highest BCUT2D eigenvalue weighted by Gasteiger charge is 2.15. The SMILES string of the molecule is COc1ccc(C)cc1NC(=O)c1cc2ccc(F)cc2nc1Cl. The second-order valence-electron chi connectivity index (χ2n) is 5.32. The molecular formula is C18H14ClFN2O2. The van der Waals surface area contributed by atoms with Crippen LogP contribution in [0.1, 0.15) is 15.9 Å². The number of nitrogens with one attached hydrogen (secondary N) is 1. The van der Waals surface area contributed by atoms with Crippen molar-refractivity contribution in [2.75, 3.05) is 12.4 Å². The third-order valence-corrected chi connectivity index (χ3v) is 3.87. The van der Waals surface area contributed by atoms with E-state index in [0.717, 1.165) is 5.56 Å². The van der Waals surface area contributed by atoms with Crippen LogP contribution in [-0.2, 0) is 0 Å². The van der Waals surface area contributed by atoms with E-state index in [1.165, 1.54) is 19.2 Å². The van der Waals surface area contributed by atoms with Crippen LogP contribution < -0.4 is 10.1 Å². The van der Waals surface area contributed by atoms with Gasteiger partial charge >= 0.3 is 0 Å². The predicted octanol–water partition coefficient (Wildman–Crippen LogP) is 4.60. The van der Waals surface area contributed by atoms with Crippen LogP contribution in [0.2, 0.25) is 5.15 Å². The number of nitrogens with zero attached hydrogens (tertiary/aromatic N) is 1. The number of ether oxygens (including phenoxy) is 1. The van der Waals surface area contributed by atoms with Gasteiger partial charge in [-0.05, 0) is 42.8 Å². The molecule has 1 N–H and O–H groups in total. The lowest BCUT2D eigenvalue weighted by molar-refractivity contribution is 0.102. The molecule has 0 aliphatic rings. The summed E-state index contributed by atoms with van der Waals surface area (Å²) in [6.07, 6.45) is 0. The van der Waals surface area contributed by atoms with E-state index in [4.69, 9.17) is 16.3 Å². The van der Waals surface area contributed by atoms with E-state index in [1.54, 1.807) is 24.3 Å². The number of hydrogen-bond acceptors (Lipinski definition) is 3. The summed E-state index contributed by atoms with van der Waals surface area (Å²) >= 11 is 6.10. The highest BCUT2D eigenvalue weighted by Crippen LogP contribution is 2.27. The fraction of sp³-hybridized carbons (Fsp3) is 0.111. The number of aryl methyl sites for hydroxylation is 1. The summed E-state index contributed by atoms with van der Waals surface area (Å²) in [5.41, 5.74) is 2.12. The van der Waals surface area contributed by atoms with Crippen molar-refractivity contribution in [3.05, 3.63) is 64.6 Å². The summed E-state index contributed by atoms with van der Waals surface area (Å²) in [7, 11) is 1.53. The molecule has 0 saturated carbocycles. The molecule has 0 bridgehead atoms. The molecule has 0 aliphatic heterocycles. The zero-order valence-electron chi connectivity index (χ0n) is 13.1. The molecule has 0 radical (unpaired) electrons. The molecule has 0 aliphatic carbocycles. The smallest absolute Gasteiger partial charge is 0.258 e. The number of carbonyl (C=O) groups is 1. The summed E-state index contributed by atoms with van der Waals surface area (Å²) in [5.74, 6) is -0.281. The highest BCUT2D eigenvalue weighted by atomic mass is 35.5. The molecule has 3 rings (SSSR count). The zero-order chi connectivity index (χ0) is 17.3. The van der Waals surface area contributed by atoms with Gasteiger partial charge in [0.2, 0.25) is 0 Å². The minimum absolute atomic E-state index is 0.0113. The summed E-state index contributed by atoms with van der Waals surface area (Å²) in [5, 5.41) is 3.41. The summed E-state index contributed by atoms with van der Waals surface area (Å²) in [4.78, 5) is 16.7. The molecule has 1 aromatic heterocycles. The normalized spacial score (nSPS) is 10.7. The molecule has 4 nitrogen and oxygen atoms in total. The zero-order valence-corrected chi connectivity index (χ0v) is 13.8. The molecule has 2 aromatic carbocycles. The van der Waals surface area contributed by atoms with Crippen molar-refractivity contribution in [2.45, 2.75) is 6.92 Å². The lowest BCUT2D eigenvalue weighted by atomic mass is 10.1. The largest absolute Gasteiger partial charge is 0.495 e. The first-order valence-corrected chi connectivity index (χ1v) is 7.57. The van der Waals surface area contributed by atoms with Crippen molar-refractivity contribution in [3.8, 4) is 5.75 Å². The molecule has 0 spiro atoms. The van der Waals surface area contributed by atoms with Gasteiger partial charge in [0, 0.05) is 11.5 Å². The summed E-state index contributed by atoms with van der Waals surface area (Å²) in [6.45, 7) is 1.91. The average molecular weight is 345 g/mol. The molecule has 6 heteroatoms. The lowest BCUT2D eigenvalue weighted by Crippen LogP contribution is -2.14. The Bertz CT molecular complexity index is 944. The number of pyridine rings is 1. The molecule has 0 saturated heterocycles. The van der Waals surface area contributed by atoms with Gasteiger partial charge < -0.3 is 10.1 Å². The monoisotopic (exact) mass is 344 g/mol. The van der Waals surface area contributed by atoms with Crippen molar-refractivity contribution in [1.29, 1.82) is 0 Å². The fourth-order valence-electron chi connectivity index (χ4n) is 2.39. The minimum Gasteiger partial charge on any atom is -0.495 e. The van der Waals surface area contributed by atoms with Crippen LogP contribution in [0.15, 0.2) is 42.5 Å². The Morgan fingerprint density at radius 1 is 1.21 bits per heavy atom. The number of hydrogen-bond donors (Lipinski definition) is 1. The third-order valence-electron chi connectivity index (χ3n) is 3.58. The topological polar surface area (TPSA) is 51.2 Å². The number of rotatable bonds is 3. The van der Waals surface area contributed by atoms with Crippen LogP contribution in [0.3, 0.4) is 0 Å². The maximum Gasteiger partial charge on any atom is 0.258 e. The van der Waals surface area contributed by atoms with Crippen LogP contribution in [0.4, 0.5) is 10.1 Å². The Kier molecular flexibility index (Phi) is 4.36. The molecule has 1 amide bonds. The third kappa shape index (κ3) is 3.16. The van der Waals surface area contributed by atoms with E-state index < -0.39 is 11.7 Å². The lowest BCUT2D eigenvalue weighted by Gasteiger charge is -2.12. The Labute approximate surface area is 143 Å². The second kappa shape index (κ2) is 6.45. The summed E-state index contributed by atoms with van der Waals surface area (Å²) < 4.78 is 18.5. The number of fused-ring (bicyclic) bond motifs is 1.